The Kier molecular flexibility index (Phi) is 6.67. The van der Waals surface area contributed by atoms with Crippen LogP contribution in [0, 0.1) is 0 Å². The van der Waals surface area contributed by atoms with Gasteiger partial charge < -0.3 is 14.9 Å². The number of halogens is 1. The van der Waals surface area contributed by atoms with Gasteiger partial charge in [0.25, 0.3) is 5.91 Å². The molecule has 3 aromatic rings. The SMILES string of the molecule is O=CN(C(CC(=O)CF)C(=O)O)[C@H](C(=O)N1CCc2ccccc21)c1cccc2ccccc12. The molecule has 0 spiro atoms. The van der Waals surface area contributed by atoms with Crippen LogP contribution in [0.25, 0.3) is 10.8 Å². The number of carboxylic acids is 1. The van der Waals surface area contributed by atoms with Crippen molar-refractivity contribution < 1.29 is 28.7 Å². The Morgan fingerprint density at radius 3 is 2.47 bits per heavy atom. The number of carbonyl (C=O) groups is 4. The minimum atomic E-state index is -1.70. The van der Waals surface area contributed by atoms with Gasteiger partial charge in [0.2, 0.25) is 6.41 Å². The van der Waals surface area contributed by atoms with Gasteiger partial charge in [-0.1, -0.05) is 60.7 Å². The molecule has 4 rings (SSSR count). The van der Waals surface area contributed by atoms with Crippen molar-refractivity contribution in [2.24, 2.45) is 0 Å². The number of benzene rings is 3. The molecule has 0 saturated heterocycles. The van der Waals surface area contributed by atoms with E-state index in [9.17, 15) is 28.7 Å². The monoisotopic (exact) mass is 462 g/mol. The summed E-state index contributed by atoms with van der Waals surface area (Å²) in [4.78, 5) is 52.6. The van der Waals surface area contributed by atoms with Crippen molar-refractivity contribution in [3.05, 3.63) is 77.9 Å². The number of nitrogens with zero attached hydrogens (tertiary/aromatic N) is 2. The summed E-state index contributed by atoms with van der Waals surface area (Å²) in [6, 6.07) is 16.8. The normalized spacial score (nSPS) is 14.3. The van der Waals surface area contributed by atoms with E-state index in [1.54, 1.807) is 36.4 Å². The first-order valence-electron chi connectivity index (χ1n) is 10.9. The number of Topliss-reactive ketones (excluding diaryl/α,β-unsaturated/α-hetero) is 1. The summed E-state index contributed by atoms with van der Waals surface area (Å²) in [5, 5.41) is 11.3. The third-order valence-corrected chi connectivity index (χ3v) is 6.14. The van der Waals surface area contributed by atoms with Gasteiger partial charge in [-0.25, -0.2) is 9.18 Å². The maximum absolute atomic E-state index is 14.0. The highest BCUT2D eigenvalue weighted by molar-refractivity contribution is 6.03. The Morgan fingerprint density at radius 1 is 1.03 bits per heavy atom. The smallest absolute Gasteiger partial charge is 0.326 e. The van der Waals surface area contributed by atoms with Crippen molar-refractivity contribution in [2.45, 2.75) is 24.9 Å². The van der Waals surface area contributed by atoms with Crippen LogP contribution in [-0.2, 0) is 25.6 Å². The Labute approximate surface area is 195 Å². The van der Waals surface area contributed by atoms with E-state index in [1.807, 2.05) is 30.3 Å². The lowest BCUT2D eigenvalue weighted by Crippen LogP contribution is -2.50. The molecule has 7 nitrogen and oxygen atoms in total. The second-order valence-corrected chi connectivity index (χ2v) is 8.12. The maximum atomic E-state index is 14.0. The predicted molar refractivity (Wildman–Crippen MR) is 124 cm³/mol. The number of hydrogen-bond acceptors (Lipinski definition) is 4. The lowest BCUT2D eigenvalue weighted by Gasteiger charge is -2.35. The van der Waals surface area contributed by atoms with Crippen molar-refractivity contribution in [2.75, 3.05) is 18.1 Å². The van der Waals surface area contributed by atoms with E-state index in [0.29, 0.717) is 29.6 Å². The fourth-order valence-corrected chi connectivity index (χ4v) is 4.53. The average Bonchev–Trinajstić information content (AvgIpc) is 3.29. The molecular weight excluding hydrogens is 439 g/mol. The Bertz CT molecular complexity index is 1260. The van der Waals surface area contributed by atoms with E-state index < -0.39 is 42.8 Å². The van der Waals surface area contributed by atoms with Gasteiger partial charge in [-0.2, -0.15) is 0 Å². The van der Waals surface area contributed by atoms with E-state index in [1.165, 1.54) is 4.90 Å². The zero-order chi connectivity index (χ0) is 24.2. The molecule has 174 valence electrons. The summed E-state index contributed by atoms with van der Waals surface area (Å²) in [6.45, 7) is -0.990. The molecule has 1 N–H and O–H groups in total. The average molecular weight is 462 g/mol. The number of aliphatic carboxylic acids is 1. The Morgan fingerprint density at radius 2 is 1.74 bits per heavy atom. The first-order valence-corrected chi connectivity index (χ1v) is 10.9. The van der Waals surface area contributed by atoms with Crippen LogP contribution in [0.5, 0.6) is 0 Å². The number of amides is 2. The zero-order valence-electron chi connectivity index (χ0n) is 18.3. The molecule has 3 aromatic carbocycles. The van der Waals surface area contributed by atoms with E-state index in [2.05, 4.69) is 0 Å². The van der Waals surface area contributed by atoms with Crippen LogP contribution >= 0.6 is 0 Å². The van der Waals surface area contributed by atoms with E-state index in [-0.39, 0.29) is 6.41 Å². The number of fused-ring (bicyclic) bond motifs is 2. The van der Waals surface area contributed by atoms with E-state index in [4.69, 9.17) is 0 Å². The Hall–Kier alpha value is -4.07. The predicted octanol–water partition coefficient (Wildman–Crippen LogP) is 3.31. The molecule has 1 heterocycles. The first-order chi connectivity index (χ1) is 16.5. The van der Waals surface area contributed by atoms with E-state index >= 15 is 0 Å². The van der Waals surface area contributed by atoms with Crippen LogP contribution in [0.2, 0.25) is 0 Å². The molecule has 1 unspecified atom stereocenters. The summed E-state index contributed by atoms with van der Waals surface area (Å²) in [6.07, 6.45) is 0.139. The summed E-state index contributed by atoms with van der Waals surface area (Å²) >= 11 is 0. The summed E-state index contributed by atoms with van der Waals surface area (Å²) in [5.74, 6) is -2.95. The molecule has 2 atom stereocenters. The molecule has 2 amide bonds. The van der Waals surface area contributed by atoms with E-state index in [0.717, 1.165) is 15.8 Å². The molecule has 1 aliphatic heterocycles. The Balaban J connectivity index is 1.87. The molecule has 0 fully saturated rings. The minimum absolute atomic E-state index is 0.261. The maximum Gasteiger partial charge on any atom is 0.326 e. The van der Waals surface area contributed by atoms with Crippen LogP contribution in [0.1, 0.15) is 23.6 Å². The third kappa shape index (κ3) is 4.26. The second kappa shape index (κ2) is 9.82. The third-order valence-electron chi connectivity index (χ3n) is 6.14. The van der Waals surface area contributed by atoms with Crippen molar-refractivity contribution in [1.82, 2.24) is 4.90 Å². The number of carboxylic acid groups (broad SMARTS) is 1. The molecular formula is C26H23FN2O5. The quantitative estimate of drug-likeness (QED) is 0.493. The molecule has 0 aromatic heterocycles. The van der Waals surface area contributed by atoms with Gasteiger partial charge in [0.1, 0.15) is 18.8 Å². The summed E-state index contributed by atoms with van der Waals surface area (Å²) < 4.78 is 13.0. The topological polar surface area (TPSA) is 95.0 Å². The first kappa shape index (κ1) is 23.1. The molecule has 8 heteroatoms. The van der Waals surface area contributed by atoms with Crippen LogP contribution in [0.4, 0.5) is 10.1 Å². The zero-order valence-corrected chi connectivity index (χ0v) is 18.3. The highest BCUT2D eigenvalue weighted by atomic mass is 19.1. The highest BCUT2D eigenvalue weighted by Crippen LogP contribution is 2.35. The number of rotatable bonds is 9. The van der Waals surface area contributed by atoms with Crippen molar-refractivity contribution in [1.29, 1.82) is 0 Å². The standard InChI is InChI=1S/C26H23FN2O5/c27-15-19(31)14-23(26(33)34)29(16-30)24(21-10-5-8-17-6-1-3-9-20(17)21)25(32)28-13-12-18-7-2-4-11-22(18)28/h1-11,16,23-24H,12-15H2,(H,33,34)/t23?,24-/m0/s1. The molecule has 0 aliphatic carbocycles. The molecule has 0 bridgehead atoms. The number of anilines is 1. The lowest BCUT2D eigenvalue weighted by molar-refractivity contribution is -0.151. The number of para-hydroxylation sites is 1. The number of carbonyl (C=O) groups excluding carboxylic acids is 3. The van der Waals surface area contributed by atoms with Gasteiger partial charge in [-0.05, 0) is 34.4 Å². The number of hydrogen-bond donors (Lipinski definition) is 1. The largest absolute Gasteiger partial charge is 0.480 e. The van der Waals surface area contributed by atoms with Crippen molar-refractivity contribution in [3.8, 4) is 0 Å². The van der Waals surface area contributed by atoms with Gasteiger partial charge in [-0.15, -0.1) is 0 Å². The fraction of sp³-hybridized carbons (Fsp3) is 0.231. The number of alkyl halides is 1. The number of ketones is 1. The fourth-order valence-electron chi connectivity index (χ4n) is 4.53. The van der Waals surface area contributed by atoms with Crippen LogP contribution in [0.15, 0.2) is 66.7 Å². The van der Waals surface area contributed by atoms with Gasteiger partial charge >= 0.3 is 5.97 Å². The summed E-state index contributed by atoms with van der Waals surface area (Å²) in [7, 11) is 0. The molecule has 34 heavy (non-hydrogen) atoms. The van der Waals surface area contributed by atoms with Gasteiger partial charge in [0, 0.05) is 18.7 Å². The molecule has 1 aliphatic rings. The van der Waals surface area contributed by atoms with Gasteiger partial charge in [0.15, 0.2) is 5.78 Å². The summed E-state index contributed by atoms with van der Waals surface area (Å²) in [5.41, 5.74) is 2.08. The lowest BCUT2D eigenvalue weighted by atomic mass is 9.95. The van der Waals surface area contributed by atoms with Crippen molar-refractivity contribution in [3.63, 3.8) is 0 Å². The van der Waals surface area contributed by atoms with Crippen LogP contribution in [-0.4, -0.2) is 53.3 Å². The highest BCUT2D eigenvalue weighted by Gasteiger charge is 2.40. The van der Waals surface area contributed by atoms with Gasteiger partial charge in [-0.3, -0.25) is 14.4 Å². The van der Waals surface area contributed by atoms with Crippen LogP contribution < -0.4 is 4.90 Å². The van der Waals surface area contributed by atoms with Gasteiger partial charge in [0.05, 0.1) is 0 Å². The molecule has 0 saturated carbocycles. The van der Waals surface area contributed by atoms with Crippen LogP contribution in [0.3, 0.4) is 0 Å². The minimum Gasteiger partial charge on any atom is -0.480 e. The molecule has 0 radical (unpaired) electrons. The second-order valence-electron chi connectivity index (χ2n) is 8.12. The van der Waals surface area contributed by atoms with Crippen molar-refractivity contribution >= 4 is 40.5 Å².